The molecule has 40 heavy (non-hydrogen) atoms. The highest BCUT2D eigenvalue weighted by atomic mass is 35.5. The van der Waals surface area contributed by atoms with Crippen molar-refractivity contribution in [2.24, 2.45) is 5.92 Å². The third-order valence-electron chi connectivity index (χ3n) is 7.41. The number of halogens is 1. The van der Waals surface area contributed by atoms with Gasteiger partial charge in [-0.2, -0.15) is 5.26 Å². The number of carbonyl (C=O) groups is 2. The molecule has 2 heterocycles. The van der Waals surface area contributed by atoms with Crippen LogP contribution in [0, 0.1) is 17.2 Å². The van der Waals surface area contributed by atoms with Crippen molar-refractivity contribution in [3.8, 4) is 6.07 Å². The molecule has 0 saturated heterocycles. The molecule has 6 rings (SSSR count). The van der Waals surface area contributed by atoms with Gasteiger partial charge in [-0.1, -0.05) is 72.8 Å². The van der Waals surface area contributed by atoms with E-state index < -0.39 is 5.92 Å². The SMILES string of the molecule is CC(C#N)C(=O)N1c2ccccc2CCc2ccccc21.O=C(CCl)N1c2ccccc2CCc2ccccc21. The molecule has 0 aromatic heterocycles. The molecule has 2 aliphatic heterocycles. The smallest absolute Gasteiger partial charge is 0.248 e. The van der Waals surface area contributed by atoms with Gasteiger partial charge in [-0.15, -0.1) is 11.6 Å². The number of anilines is 4. The highest BCUT2D eigenvalue weighted by Gasteiger charge is 2.28. The zero-order valence-electron chi connectivity index (χ0n) is 22.4. The van der Waals surface area contributed by atoms with Gasteiger partial charge >= 0.3 is 0 Å². The Morgan fingerprint density at radius 3 is 1.32 bits per heavy atom. The van der Waals surface area contributed by atoms with Crippen LogP contribution in [0.5, 0.6) is 0 Å². The molecule has 4 aromatic rings. The molecule has 0 saturated carbocycles. The molecule has 0 N–H and O–H groups in total. The van der Waals surface area contributed by atoms with E-state index >= 15 is 0 Å². The van der Waals surface area contributed by atoms with Gasteiger partial charge in [0.25, 0.3) is 0 Å². The summed E-state index contributed by atoms with van der Waals surface area (Å²) >= 11 is 5.78. The van der Waals surface area contributed by atoms with Gasteiger partial charge < -0.3 is 0 Å². The molecule has 1 atom stereocenters. The topological polar surface area (TPSA) is 64.4 Å². The van der Waals surface area contributed by atoms with Crippen molar-refractivity contribution in [1.82, 2.24) is 0 Å². The number of nitrogens with zero attached hydrogens (tertiary/aromatic N) is 3. The van der Waals surface area contributed by atoms with Crippen molar-refractivity contribution in [1.29, 1.82) is 5.26 Å². The number of amides is 2. The Labute approximate surface area is 240 Å². The Bertz CT molecular complexity index is 1500. The standard InChI is InChI=1S/C18H16N2O.C16H14ClNO/c1-13(12-19)18(21)20-16-8-4-2-6-14(16)10-11-15-7-3-5-9-17(15)20;17-11-16(19)18-14-7-3-1-5-12(14)9-10-13-6-2-4-8-15(13)18/h2-9,13H,10-11H2,1H3;1-8H,9-11H2. The van der Waals surface area contributed by atoms with Gasteiger partial charge in [-0.3, -0.25) is 19.4 Å². The predicted molar refractivity (Wildman–Crippen MR) is 160 cm³/mol. The van der Waals surface area contributed by atoms with Crippen LogP contribution in [0.15, 0.2) is 97.1 Å². The van der Waals surface area contributed by atoms with Gasteiger partial charge in [0.05, 0.1) is 28.8 Å². The molecule has 200 valence electrons. The first-order valence-electron chi connectivity index (χ1n) is 13.5. The van der Waals surface area contributed by atoms with Crippen LogP contribution in [0.4, 0.5) is 22.7 Å². The highest BCUT2D eigenvalue weighted by Crippen LogP contribution is 2.37. The van der Waals surface area contributed by atoms with Gasteiger partial charge in [-0.25, -0.2) is 0 Å². The summed E-state index contributed by atoms with van der Waals surface area (Å²) < 4.78 is 0. The number of aryl methyl sites for hydroxylation is 4. The van der Waals surface area contributed by atoms with E-state index in [1.165, 1.54) is 11.1 Å². The quantitative estimate of drug-likeness (QED) is 0.247. The number of benzene rings is 4. The number of para-hydroxylation sites is 4. The summed E-state index contributed by atoms with van der Waals surface area (Å²) in [4.78, 5) is 28.4. The van der Waals surface area contributed by atoms with Crippen LogP contribution < -0.4 is 9.80 Å². The van der Waals surface area contributed by atoms with E-state index in [1.807, 2.05) is 72.8 Å². The zero-order chi connectivity index (χ0) is 28.1. The maximum atomic E-state index is 12.7. The Morgan fingerprint density at radius 2 is 1.00 bits per heavy atom. The third kappa shape index (κ3) is 5.36. The first-order valence-corrected chi connectivity index (χ1v) is 14.0. The molecule has 0 spiro atoms. The lowest BCUT2D eigenvalue weighted by molar-refractivity contribution is -0.119. The van der Waals surface area contributed by atoms with E-state index in [-0.39, 0.29) is 17.7 Å². The summed E-state index contributed by atoms with van der Waals surface area (Å²) in [6, 6.07) is 34.0. The van der Waals surface area contributed by atoms with Crippen LogP contribution in [-0.2, 0) is 35.3 Å². The summed E-state index contributed by atoms with van der Waals surface area (Å²) in [6.45, 7) is 1.65. The Balaban J connectivity index is 0.000000162. The maximum Gasteiger partial charge on any atom is 0.248 e. The minimum absolute atomic E-state index is 0.0112. The lowest BCUT2D eigenvalue weighted by atomic mass is 10.0. The minimum atomic E-state index is -0.663. The molecule has 0 bridgehead atoms. The van der Waals surface area contributed by atoms with E-state index in [1.54, 1.807) is 16.7 Å². The molecule has 2 amide bonds. The first kappa shape index (κ1) is 27.2. The van der Waals surface area contributed by atoms with Crippen molar-refractivity contribution < 1.29 is 9.59 Å². The van der Waals surface area contributed by atoms with Crippen LogP contribution in [0.25, 0.3) is 0 Å². The van der Waals surface area contributed by atoms with Crippen LogP contribution in [-0.4, -0.2) is 17.7 Å². The molecule has 0 fully saturated rings. The van der Waals surface area contributed by atoms with Crippen LogP contribution in [0.3, 0.4) is 0 Å². The minimum Gasteiger partial charge on any atom is -0.279 e. The van der Waals surface area contributed by atoms with Crippen molar-refractivity contribution >= 4 is 46.2 Å². The van der Waals surface area contributed by atoms with Gasteiger partial charge in [0.15, 0.2) is 0 Å². The molecular formula is C34H30ClN3O2. The monoisotopic (exact) mass is 547 g/mol. The molecule has 4 aromatic carbocycles. The maximum absolute atomic E-state index is 12.7. The van der Waals surface area contributed by atoms with Crippen molar-refractivity contribution in [3.63, 3.8) is 0 Å². The van der Waals surface area contributed by atoms with Crippen LogP contribution >= 0.6 is 11.6 Å². The molecule has 2 aliphatic rings. The third-order valence-corrected chi connectivity index (χ3v) is 7.63. The number of hydrogen-bond donors (Lipinski definition) is 0. The lowest BCUT2D eigenvalue weighted by Gasteiger charge is -2.25. The second kappa shape index (κ2) is 12.2. The highest BCUT2D eigenvalue weighted by molar-refractivity contribution is 6.30. The summed E-state index contributed by atoms with van der Waals surface area (Å²) in [5, 5.41) is 9.10. The van der Waals surface area contributed by atoms with E-state index in [0.717, 1.165) is 59.6 Å². The Kier molecular flexibility index (Phi) is 8.28. The predicted octanol–water partition coefficient (Wildman–Crippen LogP) is 7.30. The largest absolute Gasteiger partial charge is 0.279 e. The molecular weight excluding hydrogens is 518 g/mol. The lowest BCUT2D eigenvalue weighted by Crippen LogP contribution is -2.31. The molecule has 0 aliphatic carbocycles. The number of carbonyl (C=O) groups excluding carboxylic acids is 2. The molecule has 6 heteroatoms. The van der Waals surface area contributed by atoms with Crippen LogP contribution in [0.2, 0.25) is 0 Å². The van der Waals surface area contributed by atoms with Crippen molar-refractivity contribution in [3.05, 3.63) is 119 Å². The first-order chi connectivity index (χ1) is 19.5. The van der Waals surface area contributed by atoms with E-state index in [2.05, 4.69) is 30.3 Å². The number of hydrogen-bond acceptors (Lipinski definition) is 3. The van der Waals surface area contributed by atoms with E-state index in [4.69, 9.17) is 16.9 Å². The fraction of sp³-hybridized carbons (Fsp3) is 0.206. The van der Waals surface area contributed by atoms with E-state index in [0.29, 0.717) is 0 Å². The Morgan fingerprint density at radius 1 is 0.675 bits per heavy atom. The number of fused-ring (bicyclic) bond motifs is 4. The van der Waals surface area contributed by atoms with Crippen molar-refractivity contribution in [2.45, 2.75) is 32.6 Å². The van der Waals surface area contributed by atoms with Crippen LogP contribution in [0.1, 0.15) is 29.2 Å². The number of rotatable bonds is 2. The second-order valence-electron chi connectivity index (χ2n) is 9.90. The molecule has 1 unspecified atom stereocenters. The zero-order valence-corrected chi connectivity index (χ0v) is 23.1. The molecule has 5 nitrogen and oxygen atoms in total. The summed E-state index contributed by atoms with van der Waals surface area (Å²) in [5.41, 5.74) is 8.38. The van der Waals surface area contributed by atoms with Gasteiger partial charge in [0, 0.05) is 0 Å². The number of alkyl halides is 1. The number of nitriles is 1. The Hall–Kier alpha value is -4.40. The fourth-order valence-corrected chi connectivity index (χ4v) is 5.49. The average molecular weight is 548 g/mol. The van der Waals surface area contributed by atoms with Gasteiger partial charge in [-0.05, 0) is 79.1 Å². The van der Waals surface area contributed by atoms with Gasteiger partial charge in [0.1, 0.15) is 11.8 Å². The van der Waals surface area contributed by atoms with Crippen molar-refractivity contribution in [2.75, 3.05) is 15.7 Å². The molecule has 0 radical (unpaired) electrons. The van der Waals surface area contributed by atoms with Gasteiger partial charge in [0.2, 0.25) is 11.8 Å². The van der Waals surface area contributed by atoms with E-state index in [9.17, 15) is 9.59 Å². The average Bonchev–Trinajstić information content (AvgIpc) is 3.28. The summed E-state index contributed by atoms with van der Waals surface area (Å²) in [7, 11) is 0. The fourth-order valence-electron chi connectivity index (χ4n) is 5.37. The summed E-state index contributed by atoms with van der Waals surface area (Å²) in [6.07, 6.45) is 3.69. The summed E-state index contributed by atoms with van der Waals surface area (Å²) in [5.74, 6) is -0.921. The second-order valence-corrected chi connectivity index (χ2v) is 10.2. The normalized spacial score (nSPS) is 13.9.